The van der Waals surface area contributed by atoms with E-state index in [-0.39, 0.29) is 5.54 Å². The smallest absolute Gasteiger partial charge is 0.0705 e. The molecule has 0 spiro atoms. The number of piperazine rings is 1. The predicted molar refractivity (Wildman–Crippen MR) is 83.7 cm³/mol. The molecule has 0 aliphatic carbocycles. The summed E-state index contributed by atoms with van der Waals surface area (Å²) in [5.41, 5.74) is 2.51. The maximum Gasteiger partial charge on any atom is 0.0705 e. The van der Waals surface area contributed by atoms with Crippen molar-refractivity contribution < 1.29 is 0 Å². The molecule has 1 unspecified atom stereocenters. The second-order valence-corrected chi connectivity index (χ2v) is 5.94. The van der Waals surface area contributed by atoms with Crippen molar-refractivity contribution in [3.63, 3.8) is 0 Å². The Bertz CT molecular complexity index is 596. The fourth-order valence-corrected chi connectivity index (χ4v) is 2.96. The molecule has 0 saturated carbocycles. The van der Waals surface area contributed by atoms with Gasteiger partial charge in [-0.25, -0.2) is 0 Å². The third-order valence-electron chi connectivity index (χ3n) is 4.60. The summed E-state index contributed by atoms with van der Waals surface area (Å²) in [5.74, 6) is 0. The van der Waals surface area contributed by atoms with Crippen molar-refractivity contribution in [1.82, 2.24) is 15.2 Å². The summed E-state index contributed by atoms with van der Waals surface area (Å²) >= 11 is 0. The van der Waals surface area contributed by atoms with Crippen LogP contribution in [0.1, 0.15) is 26.0 Å². The summed E-state index contributed by atoms with van der Waals surface area (Å²) in [6.07, 6.45) is 1.16. The van der Waals surface area contributed by atoms with Gasteiger partial charge in [0.25, 0.3) is 0 Å². The molecule has 1 aliphatic heterocycles. The molecule has 3 nitrogen and oxygen atoms in total. The molecule has 1 aromatic carbocycles. The number of hydrogen-bond acceptors (Lipinski definition) is 3. The second kappa shape index (κ2) is 5.51. The SMILES string of the molecule is CCC1(C)CNCCN1Cc1ccc2ccccc2n1. The van der Waals surface area contributed by atoms with Gasteiger partial charge in [-0.3, -0.25) is 9.88 Å². The largest absolute Gasteiger partial charge is 0.314 e. The summed E-state index contributed by atoms with van der Waals surface area (Å²) in [4.78, 5) is 7.38. The van der Waals surface area contributed by atoms with Gasteiger partial charge < -0.3 is 5.32 Å². The molecule has 1 fully saturated rings. The Labute approximate surface area is 121 Å². The number of benzene rings is 1. The van der Waals surface area contributed by atoms with Crippen LogP contribution in [0.4, 0.5) is 0 Å². The fraction of sp³-hybridized carbons (Fsp3) is 0.471. The zero-order valence-corrected chi connectivity index (χ0v) is 12.4. The first-order valence-corrected chi connectivity index (χ1v) is 7.52. The highest BCUT2D eigenvalue weighted by Crippen LogP contribution is 2.23. The number of nitrogens with zero attached hydrogens (tertiary/aromatic N) is 2. The molecule has 1 N–H and O–H groups in total. The molecule has 0 bridgehead atoms. The minimum absolute atomic E-state index is 0.242. The Morgan fingerprint density at radius 1 is 1.25 bits per heavy atom. The summed E-state index contributed by atoms with van der Waals surface area (Å²) in [6.45, 7) is 8.80. The van der Waals surface area contributed by atoms with E-state index in [1.807, 2.05) is 0 Å². The van der Waals surface area contributed by atoms with Gasteiger partial charge in [-0.1, -0.05) is 31.2 Å². The predicted octanol–water partition coefficient (Wildman–Crippen LogP) is 2.81. The Morgan fingerprint density at radius 2 is 2.10 bits per heavy atom. The number of hydrogen-bond donors (Lipinski definition) is 1. The maximum atomic E-state index is 4.81. The minimum atomic E-state index is 0.242. The van der Waals surface area contributed by atoms with Gasteiger partial charge in [0.1, 0.15) is 0 Å². The average Bonchev–Trinajstić information content (AvgIpc) is 2.49. The third-order valence-corrected chi connectivity index (χ3v) is 4.60. The number of rotatable bonds is 3. The van der Waals surface area contributed by atoms with Gasteiger partial charge in [-0.2, -0.15) is 0 Å². The van der Waals surface area contributed by atoms with Crippen LogP contribution in [0.2, 0.25) is 0 Å². The number of aromatic nitrogens is 1. The summed E-state index contributed by atoms with van der Waals surface area (Å²) in [5, 5.41) is 4.73. The second-order valence-electron chi connectivity index (χ2n) is 5.94. The van der Waals surface area contributed by atoms with Crippen LogP contribution in [0.3, 0.4) is 0 Å². The number of para-hydroxylation sites is 1. The van der Waals surface area contributed by atoms with E-state index in [9.17, 15) is 0 Å². The number of pyridine rings is 1. The highest BCUT2D eigenvalue weighted by molar-refractivity contribution is 5.78. The molecule has 106 valence electrons. The fourth-order valence-electron chi connectivity index (χ4n) is 2.96. The van der Waals surface area contributed by atoms with Crippen LogP contribution in [0, 0.1) is 0 Å². The number of nitrogens with one attached hydrogen (secondary N) is 1. The van der Waals surface area contributed by atoms with Crippen molar-refractivity contribution in [2.45, 2.75) is 32.4 Å². The van der Waals surface area contributed by atoms with E-state index in [2.05, 4.69) is 60.5 Å². The molecule has 3 rings (SSSR count). The average molecular weight is 269 g/mol. The van der Waals surface area contributed by atoms with E-state index in [1.54, 1.807) is 0 Å². The molecule has 1 atom stereocenters. The normalized spacial score (nSPS) is 24.1. The van der Waals surface area contributed by atoms with Gasteiger partial charge in [0.05, 0.1) is 11.2 Å². The third kappa shape index (κ3) is 2.56. The van der Waals surface area contributed by atoms with E-state index >= 15 is 0 Å². The maximum absolute atomic E-state index is 4.81. The van der Waals surface area contributed by atoms with Gasteiger partial charge in [0, 0.05) is 37.1 Å². The quantitative estimate of drug-likeness (QED) is 0.928. The lowest BCUT2D eigenvalue weighted by Gasteiger charge is -2.44. The molecule has 3 heteroatoms. The van der Waals surface area contributed by atoms with Crippen LogP contribution in [0.15, 0.2) is 36.4 Å². The highest BCUT2D eigenvalue weighted by Gasteiger charge is 2.32. The van der Waals surface area contributed by atoms with Crippen molar-refractivity contribution in [1.29, 1.82) is 0 Å². The first-order valence-electron chi connectivity index (χ1n) is 7.52. The van der Waals surface area contributed by atoms with Gasteiger partial charge in [0.15, 0.2) is 0 Å². The Balaban J connectivity index is 1.84. The van der Waals surface area contributed by atoms with Gasteiger partial charge >= 0.3 is 0 Å². The van der Waals surface area contributed by atoms with Crippen molar-refractivity contribution in [3.8, 4) is 0 Å². The minimum Gasteiger partial charge on any atom is -0.314 e. The standard InChI is InChI=1S/C17H23N3/c1-3-17(2)13-18-10-11-20(17)12-15-9-8-14-6-4-5-7-16(14)19-15/h4-9,18H,3,10-13H2,1-2H3. The first-order chi connectivity index (χ1) is 9.71. The molecule has 1 saturated heterocycles. The van der Waals surface area contributed by atoms with E-state index in [0.29, 0.717) is 0 Å². The van der Waals surface area contributed by atoms with Crippen LogP contribution in [-0.2, 0) is 6.54 Å². The molecular formula is C17H23N3. The van der Waals surface area contributed by atoms with E-state index in [0.717, 1.165) is 38.1 Å². The van der Waals surface area contributed by atoms with Crippen molar-refractivity contribution >= 4 is 10.9 Å². The number of fused-ring (bicyclic) bond motifs is 1. The lowest BCUT2D eigenvalue weighted by atomic mass is 9.94. The van der Waals surface area contributed by atoms with Crippen molar-refractivity contribution in [3.05, 3.63) is 42.1 Å². The Morgan fingerprint density at radius 3 is 2.95 bits per heavy atom. The van der Waals surface area contributed by atoms with E-state index in [1.165, 1.54) is 11.1 Å². The van der Waals surface area contributed by atoms with E-state index < -0.39 is 0 Å². The monoisotopic (exact) mass is 269 g/mol. The lowest BCUT2D eigenvalue weighted by molar-refractivity contribution is 0.0626. The molecule has 1 aliphatic rings. The molecule has 1 aromatic heterocycles. The highest BCUT2D eigenvalue weighted by atomic mass is 15.3. The summed E-state index contributed by atoms with van der Waals surface area (Å²) in [6, 6.07) is 12.7. The zero-order chi connectivity index (χ0) is 14.0. The van der Waals surface area contributed by atoms with Crippen LogP contribution >= 0.6 is 0 Å². The van der Waals surface area contributed by atoms with Crippen LogP contribution in [0.25, 0.3) is 10.9 Å². The zero-order valence-electron chi connectivity index (χ0n) is 12.4. The molecule has 0 amide bonds. The molecule has 2 aromatic rings. The van der Waals surface area contributed by atoms with Crippen LogP contribution < -0.4 is 5.32 Å². The van der Waals surface area contributed by atoms with Gasteiger partial charge in [-0.05, 0) is 25.5 Å². The van der Waals surface area contributed by atoms with E-state index in [4.69, 9.17) is 4.98 Å². The summed E-state index contributed by atoms with van der Waals surface area (Å²) in [7, 11) is 0. The Hall–Kier alpha value is -1.45. The molecule has 20 heavy (non-hydrogen) atoms. The molecule has 0 radical (unpaired) electrons. The van der Waals surface area contributed by atoms with Gasteiger partial charge in [0.2, 0.25) is 0 Å². The Kier molecular flexibility index (Phi) is 3.72. The molecular weight excluding hydrogens is 246 g/mol. The van der Waals surface area contributed by atoms with Gasteiger partial charge in [-0.15, -0.1) is 0 Å². The van der Waals surface area contributed by atoms with Crippen LogP contribution in [-0.4, -0.2) is 35.1 Å². The van der Waals surface area contributed by atoms with Crippen molar-refractivity contribution in [2.24, 2.45) is 0 Å². The first kappa shape index (κ1) is 13.5. The molecule has 2 heterocycles. The lowest BCUT2D eigenvalue weighted by Crippen LogP contribution is -2.58. The van der Waals surface area contributed by atoms with Crippen molar-refractivity contribution in [2.75, 3.05) is 19.6 Å². The summed E-state index contributed by atoms with van der Waals surface area (Å²) < 4.78 is 0. The van der Waals surface area contributed by atoms with Crippen LogP contribution in [0.5, 0.6) is 0 Å². The topological polar surface area (TPSA) is 28.2 Å².